The van der Waals surface area contributed by atoms with Crippen molar-refractivity contribution in [3.8, 4) is 0 Å². The Morgan fingerprint density at radius 2 is 1.10 bits per heavy atom. The lowest BCUT2D eigenvalue weighted by Crippen LogP contribution is -2.57. The maximum absolute atomic E-state index is 11.8. The molecule has 0 bridgehead atoms. The molecule has 0 aromatic carbocycles. The molecule has 0 unspecified atom stereocenters. The van der Waals surface area contributed by atoms with E-state index in [2.05, 4.69) is 12.2 Å². The zero-order valence-corrected chi connectivity index (χ0v) is 19.6. The molecule has 0 aliphatic heterocycles. The minimum atomic E-state index is -1.31. The van der Waals surface area contributed by atoms with Gasteiger partial charge in [-0.25, -0.2) is 0 Å². The van der Waals surface area contributed by atoms with E-state index in [0.29, 0.717) is 6.42 Å². The fourth-order valence-corrected chi connectivity index (χ4v) is 4.23. The zero-order chi connectivity index (χ0) is 21.6. The molecule has 29 heavy (non-hydrogen) atoms. The van der Waals surface area contributed by atoms with Crippen LogP contribution in [0, 0.1) is 0 Å². The van der Waals surface area contributed by atoms with Crippen LogP contribution in [0.5, 0.6) is 0 Å². The van der Waals surface area contributed by atoms with Gasteiger partial charge in [-0.3, -0.25) is 4.79 Å². The molecule has 4 N–H and O–H groups in total. The van der Waals surface area contributed by atoms with Crippen molar-refractivity contribution in [3.63, 3.8) is 0 Å². The molecule has 5 nitrogen and oxygen atoms in total. The highest BCUT2D eigenvalue weighted by molar-refractivity contribution is 7.99. The largest absolute Gasteiger partial charge is 0.394 e. The molecule has 0 radical (unpaired) electrons. The lowest BCUT2D eigenvalue weighted by atomic mass is 10.0. The van der Waals surface area contributed by atoms with Crippen molar-refractivity contribution in [2.45, 2.75) is 109 Å². The Balaban J connectivity index is 3.32. The summed E-state index contributed by atoms with van der Waals surface area (Å²) in [7, 11) is 0. The van der Waals surface area contributed by atoms with Crippen LogP contribution in [0.1, 0.15) is 103 Å². The lowest BCUT2D eigenvalue weighted by Gasteiger charge is -2.28. The van der Waals surface area contributed by atoms with Gasteiger partial charge in [0.15, 0.2) is 0 Å². The number of aliphatic hydroxyl groups excluding tert-OH is 3. The van der Waals surface area contributed by atoms with Crippen molar-refractivity contribution in [3.05, 3.63) is 0 Å². The molecule has 0 rings (SSSR count). The number of unbranched alkanes of at least 4 members (excludes halogenated alkanes) is 13. The van der Waals surface area contributed by atoms with E-state index in [1.165, 1.54) is 89.9 Å². The summed E-state index contributed by atoms with van der Waals surface area (Å²) in [6.45, 7) is 0.845. The van der Waals surface area contributed by atoms with Gasteiger partial charge in [0.2, 0.25) is 5.91 Å². The summed E-state index contributed by atoms with van der Waals surface area (Å²) in [6.07, 6.45) is 19.4. The van der Waals surface area contributed by atoms with E-state index in [1.807, 2.05) is 0 Å². The molecule has 0 saturated carbocycles. The predicted molar refractivity (Wildman–Crippen MR) is 124 cm³/mol. The average Bonchev–Trinajstić information content (AvgIpc) is 2.74. The van der Waals surface area contributed by atoms with Gasteiger partial charge >= 0.3 is 0 Å². The topological polar surface area (TPSA) is 89.8 Å². The smallest absolute Gasteiger partial charge is 0.221 e. The SMILES string of the molecule is CCCCCCCCCCCCCCCCSCCC(=O)NC(CO)(CO)CO. The van der Waals surface area contributed by atoms with E-state index in [1.54, 1.807) is 11.8 Å². The van der Waals surface area contributed by atoms with Crippen LogP contribution >= 0.6 is 11.8 Å². The first-order valence-corrected chi connectivity index (χ1v) is 13.0. The minimum Gasteiger partial charge on any atom is -0.394 e. The van der Waals surface area contributed by atoms with E-state index >= 15 is 0 Å². The van der Waals surface area contributed by atoms with Crippen LogP contribution in [0.15, 0.2) is 0 Å². The van der Waals surface area contributed by atoms with Crippen LogP contribution in [-0.2, 0) is 4.79 Å². The highest BCUT2D eigenvalue weighted by atomic mass is 32.2. The number of thioether (sulfide) groups is 1. The third-order valence-electron chi connectivity index (χ3n) is 5.43. The second-order valence-electron chi connectivity index (χ2n) is 8.26. The lowest BCUT2D eigenvalue weighted by molar-refractivity contribution is -0.124. The second kappa shape index (κ2) is 21.0. The van der Waals surface area contributed by atoms with Gasteiger partial charge in [-0.2, -0.15) is 11.8 Å². The summed E-state index contributed by atoms with van der Waals surface area (Å²) in [5, 5.41) is 30.1. The first-order valence-electron chi connectivity index (χ1n) is 11.9. The van der Waals surface area contributed by atoms with Crippen LogP contribution in [0.25, 0.3) is 0 Å². The molecule has 6 heteroatoms. The Kier molecular flexibility index (Phi) is 20.7. The fourth-order valence-electron chi connectivity index (χ4n) is 3.29. The predicted octanol–water partition coefficient (Wildman–Crippen LogP) is 4.42. The van der Waals surface area contributed by atoms with Gasteiger partial charge in [0.1, 0.15) is 5.54 Å². The summed E-state index contributed by atoms with van der Waals surface area (Å²) in [5.41, 5.74) is -1.31. The van der Waals surface area contributed by atoms with Gasteiger partial charge in [-0.15, -0.1) is 0 Å². The molecule has 0 aliphatic rings. The maximum atomic E-state index is 11.8. The van der Waals surface area contributed by atoms with E-state index in [-0.39, 0.29) is 5.91 Å². The Hall–Kier alpha value is -0.300. The number of carbonyl (C=O) groups is 1. The number of nitrogens with one attached hydrogen (secondary N) is 1. The third-order valence-corrected chi connectivity index (χ3v) is 6.50. The summed E-state index contributed by atoms with van der Waals surface area (Å²) >= 11 is 1.77. The van der Waals surface area contributed by atoms with Gasteiger partial charge in [0.05, 0.1) is 19.8 Å². The van der Waals surface area contributed by atoms with Crippen LogP contribution in [-0.4, -0.2) is 58.1 Å². The Labute approximate surface area is 183 Å². The quantitative estimate of drug-likeness (QED) is 0.190. The van der Waals surface area contributed by atoms with Crippen molar-refractivity contribution in [2.75, 3.05) is 31.3 Å². The normalized spacial score (nSPS) is 11.7. The molecule has 0 aromatic heterocycles. The van der Waals surface area contributed by atoms with Crippen molar-refractivity contribution in [1.29, 1.82) is 0 Å². The summed E-state index contributed by atoms with van der Waals surface area (Å²) in [6, 6.07) is 0. The number of aliphatic hydroxyl groups is 3. The molecule has 0 heterocycles. The number of carbonyl (C=O) groups excluding carboxylic acids is 1. The molecule has 1 amide bonds. The third kappa shape index (κ3) is 17.1. The number of hydrogen-bond donors (Lipinski definition) is 4. The van der Waals surface area contributed by atoms with Gasteiger partial charge in [-0.1, -0.05) is 90.4 Å². The van der Waals surface area contributed by atoms with Crippen molar-refractivity contribution >= 4 is 17.7 Å². The molecule has 0 fully saturated rings. The van der Waals surface area contributed by atoms with Crippen LogP contribution in [0.3, 0.4) is 0 Å². The molecular formula is C23H47NO4S. The first kappa shape index (κ1) is 28.7. The Bertz CT molecular complexity index is 357. The Morgan fingerprint density at radius 1 is 0.690 bits per heavy atom. The van der Waals surface area contributed by atoms with E-state index in [0.717, 1.165) is 11.5 Å². The van der Waals surface area contributed by atoms with Crippen molar-refractivity contribution < 1.29 is 20.1 Å². The summed E-state index contributed by atoms with van der Waals surface area (Å²) in [5.74, 6) is 1.55. The maximum Gasteiger partial charge on any atom is 0.221 e. The number of amides is 1. The van der Waals surface area contributed by atoms with Gasteiger partial charge < -0.3 is 20.6 Å². The highest BCUT2D eigenvalue weighted by Crippen LogP contribution is 2.14. The number of hydrogen-bond acceptors (Lipinski definition) is 5. The molecule has 0 saturated heterocycles. The van der Waals surface area contributed by atoms with Gasteiger partial charge in [0, 0.05) is 12.2 Å². The highest BCUT2D eigenvalue weighted by Gasteiger charge is 2.29. The molecule has 0 spiro atoms. The number of rotatable bonds is 22. The van der Waals surface area contributed by atoms with Crippen molar-refractivity contribution in [1.82, 2.24) is 5.32 Å². The van der Waals surface area contributed by atoms with E-state index in [4.69, 9.17) is 0 Å². The van der Waals surface area contributed by atoms with Crippen LogP contribution in [0.4, 0.5) is 0 Å². The summed E-state index contributed by atoms with van der Waals surface area (Å²) in [4.78, 5) is 11.8. The van der Waals surface area contributed by atoms with Crippen LogP contribution in [0.2, 0.25) is 0 Å². The second-order valence-corrected chi connectivity index (χ2v) is 9.49. The fraction of sp³-hybridized carbons (Fsp3) is 0.957. The standard InChI is InChI=1S/C23H47NO4S/c1-2-3-4-5-6-7-8-9-10-11-12-13-14-15-17-29-18-16-22(28)24-23(19-25,20-26)21-27/h25-27H,2-21H2,1H3,(H,24,28). The molecule has 0 aliphatic carbocycles. The molecule has 0 aromatic rings. The van der Waals surface area contributed by atoms with Crippen molar-refractivity contribution in [2.24, 2.45) is 0 Å². The van der Waals surface area contributed by atoms with E-state index in [9.17, 15) is 20.1 Å². The Morgan fingerprint density at radius 3 is 1.52 bits per heavy atom. The van der Waals surface area contributed by atoms with Crippen LogP contribution < -0.4 is 5.32 Å². The van der Waals surface area contributed by atoms with Gasteiger partial charge in [0.25, 0.3) is 0 Å². The van der Waals surface area contributed by atoms with E-state index < -0.39 is 25.4 Å². The zero-order valence-electron chi connectivity index (χ0n) is 18.8. The molecule has 174 valence electrons. The minimum absolute atomic E-state index is 0.240. The average molecular weight is 434 g/mol. The molecular weight excluding hydrogens is 386 g/mol. The van der Waals surface area contributed by atoms with Gasteiger partial charge in [-0.05, 0) is 12.2 Å². The first-order chi connectivity index (χ1) is 14.1. The monoisotopic (exact) mass is 433 g/mol. The molecule has 0 atom stereocenters. The summed E-state index contributed by atoms with van der Waals surface area (Å²) < 4.78 is 0.